The molecular formula is C19H20ClNO6. The molecule has 2 aromatic carbocycles. The number of aliphatic hydroxyl groups is 2. The van der Waals surface area contributed by atoms with Gasteiger partial charge in [0.1, 0.15) is 12.7 Å². The first-order valence-corrected chi connectivity index (χ1v) is 8.82. The summed E-state index contributed by atoms with van der Waals surface area (Å²) in [6.07, 6.45) is -2.83. The standard InChI is InChI=1S/C19H20ClNO6/c20-14-9-17-16(26-11-27-17)8-13(14)18(23)15(22)6-7-21-19(24)25-10-12-4-2-1-3-5-12/h1-5,8-9,15,18,22-23H,6-7,10-11H2,(H,21,24). The highest BCUT2D eigenvalue weighted by Crippen LogP contribution is 2.39. The Balaban J connectivity index is 1.45. The third kappa shape index (κ3) is 5.03. The highest BCUT2D eigenvalue weighted by atomic mass is 35.5. The summed E-state index contributed by atoms with van der Waals surface area (Å²) in [4.78, 5) is 11.7. The molecule has 2 unspecified atom stereocenters. The second-order valence-electron chi connectivity index (χ2n) is 6.02. The van der Waals surface area contributed by atoms with Gasteiger partial charge in [0.05, 0.1) is 11.1 Å². The number of rotatable bonds is 7. The molecule has 3 N–H and O–H groups in total. The Kier molecular flexibility index (Phi) is 6.39. The summed E-state index contributed by atoms with van der Waals surface area (Å²) in [6, 6.07) is 12.4. The molecule has 1 heterocycles. The van der Waals surface area contributed by atoms with E-state index in [4.69, 9.17) is 25.8 Å². The minimum atomic E-state index is -1.23. The lowest BCUT2D eigenvalue weighted by atomic mass is 10.0. The number of hydrogen-bond acceptors (Lipinski definition) is 6. The number of alkyl carbamates (subject to hydrolysis) is 1. The van der Waals surface area contributed by atoms with Crippen molar-refractivity contribution in [2.45, 2.75) is 25.2 Å². The molecule has 0 aromatic heterocycles. The molecule has 2 atom stereocenters. The van der Waals surface area contributed by atoms with Crippen LogP contribution in [0, 0.1) is 0 Å². The number of carbonyl (C=O) groups excluding carboxylic acids is 1. The molecule has 7 nitrogen and oxygen atoms in total. The summed E-state index contributed by atoms with van der Waals surface area (Å²) in [5.41, 5.74) is 1.21. The van der Waals surface area contributed by atoms with Gasteiger partial charge in [0.2, 0.25) is 6.79 Å². The maximum absolute atomic E-state index is 11.7. The number of halogens is 1. The van der Waals surface area contributed by atoms with Gasteiger partial charge < -0.3 is 29.7 Å². The number of fused-ring (bicyclic) bond motifs is 1. The van der Waals surface area contributed by atoms with E-state index in [2.05, 4.69) is 5.32 Å². The average Bonchev–Trinajstić information content (AvgIpc) is 3.13. The predicted octanol–water partition coefficient (Wildman–Crippen LogP) is 2.78. The third-order valence-electron chi connectivity index (χ3n) is 4.10. The van der Waals surface area contributed by atoms with Gasteiger partial charge in [-0.1, -0.05) is 41.9 Å². The maximum Gasteiger partial charge on any atom is 0.407 e. The normalized spacial score (nSPS) is 14.5. The molecule has 27 heavy (non-hydrogen) atoms. The maximum atomic E-state index is 11.7. The van der Waals surface area contributed by atoms with Crippen LogP contribution < -0.4 is 14.8 Å². The van der Waals surface area contributed by atoms with Gasteiger partial charge in [0, 0.05) is 18.2 Å². The molecule has 3 rings (SSSR count). The topological polar surface area (TPSA) is 97.3 Å². The molecule has 0 saturated heterocycles. The molecule has 0 bridgehead atoms. The fraction of sp³-hybridized carbons (Fsp3) is 0.316. The van der Waals surface area contributed by atoms with Crippen LogP contribution >= 0.6 is 11.6 Å². The van der Waals surface area contributed by atoms with Crippen molar-refractivity contribution in [3.05, 3.63) is 58.6 Å². The van der Waals surface area contributed by atoms with Crippen LogP contribution in [0.25, 0.3) is 0 Å². The van der Waals surface area contributed by atoms with E-state index in [0.29, 0.717) is 17.1 Å². The number of amides is 1. The monoisotopic (exact) mass is 393 g/mol. The van der Waals surface area contributed by atoms with Crippen LogP contribution in [0.1, 0.15) is 23.7 Å². The van der Waals surface area contributed by atoms with Crippen molar-refractivity contribution >= 4 is 17.7 Å². The Bertz CT molecular complexity index is 785. The molecule has 0 fully saturated rings. The number of aliphatic hydroxyl groups excluding tert-OH is 2. The Morgan fingerprint density at radius 2 is 1.89 bits per heavy atom. The largest absolute Gasteiger partial charge is 0.454 e. The first-order valence-electron chi connectivity index (χ1n) is 8.44. The minimum absolute atomic E-state index is 0.0861. The molecule has 0 aliphatic carbocycles. The second-order valence-corrected chi connectivity index (χ2v) is 6.42. The molecule has 0 saturated carbocycles. The van der Waals surface area contributed by atoms with Crippen molar-refractivity contribution in [1.29, 1.82) is 0 Å². The summed E-state index contributed by atoms with van der Waals surface area (Å²) in [6.45, 7) is 0.376. The number of ether oxygens (including phenoxy) is 3. The van der Waals surface area contributed by atoms with Crippen LogP contribution in [0.15, 0.2) is 42.5 Å². The van der Waals surface area contributed by atoms with Gasteiger partial charge in [0.25, 0.3) is 0 Å². The van der Waals surface area contributed by atoms with E-state index in [-0.39, 0.29) is 31.4 Å². The summed E-state index contributed by atoms with van der Waals surface area (Å²) in [5.74, 6) is 0.955. The Morgan fingerprint density at radius 3 is 2.63 bits per heavy atom. The summed E-state index contributed by atoms with van der Waals surface area (Å²) >= 11 is 6.13. The zero-order valence-corrected chi connectivity index (χ0v) is 15.2. The van der Waals surface area contributed by atoms with Crippen LogP contribution in [-0.2, 0) is 11.3 Å². The van der Waals surface area contributed by atoms with Gasteiger partial charge in [-0.15, -0.1) is 0 Å². The van der Waals surface area contributed by atoms with E-state index in [0.717, 1.165) is 5.56 Å². The van der Waals surface area contributed by atoms with Gasteiger partial charge in [-0.2, -0.15) is 0 Å². The summed E-state index contributed by atoms with van der Waals surface area (Å²) in [5, 5.41) is 23.3. The first-order chi connectivity index (χ1) is 13.0. The zero-order valence-electron chi connectivity index (χ0n) is 14.4. The lowest BCUT2D eigenvalue weighted by molar-refractivity contribution is 0.0136. The molecule has 1 amide bonds. The number of carbonyl (C=O) groups is 1. The molecular weight excluding hydrogens is 374 g/mol. The van der Waals surface area contributed by atoms with E-state index >= 15 is 0 Å². The van der Waals surface area contributed by atoms with Crippen molar-refractivity contribution in [3.8, 4) is 11.5 Å². The highest BCUT2D eigenvalue weighted by molar-refractivity contribution is 6.31. The second kappa shape index (κ2) is 8.94. The van der Waals surface area contributed by atoms with Gasteiger partial charge in [-0.05, 0) is 18.1 Å². The molecule has 144 valence electrons. The van der Waals surface area contributed by atoms with E-state index in [1.54, 1.807) is 6.07 Å². The minimum Gasteiger partial charge on any atom is -0.454 e. The van der Waals surface area contributed by atoms with Crippen LogP contribution in [0.2, 0.25) is 5.02 Å². The van der Waals surface area contributed by atoms with Gasteiger partial charge in [-0.3, -0.25) is 0 Å². The van der Waals surface area contributed by atoms with Crippen LogP contribution in [0.3, 0.4) is 0 Å². The quantitative estimate of drug-likeness (QED) is 0.669. The van der Waals surface area contributed by atoms with E-state index < -0.39 is 18.3 Å². The number of benzene rings is 2. The molecule has 1 aliphatic rings. The van der Waals surface area contributed by atoms with Crippen molar-refractivity contribution < 1.29 is 29.2 Å². The summed E-state index contributed by atoms with van der Waals surface area (Å²) < 4.78 is 15.5. The van der Waals surface area contributed by atoms with Crippen molar-refractivity contribution in [2.75, 3.05) is 13.3 Å². The Morgan fingerprint density at radius 1 is 1.19 bits per heavy atom. The fourth-order valence-electron chi connectivity index (χ4n) is 2.62. The molecule has 2 aromatic rings. The SMILES string of the molecule is O=C(NCCC(O)C(O)c1cc2c(cc1Cl)OCO2)OCc1ccccc1. The predicted molar refractivity (Wildman–Crippen MR) is 97.8 cm³/mol. The highest BCUT2D eigenvalue weighted by Gasteiger charge is 2.25. The summed E-state index contributed by atoms with van der Waals surface area (Å²) in [7, 11) is 0. The number of hydrogen-bond donors (Lipinski definition) is 3. The average molecular weight is 394 g/mol. The molecule has 8 heteroatoms. The van der Waals surface area contributed by atoms with Crippen molar-refractivity contribution in [1.82, 2.24) is 5.32 Å². The molecule has 0 spiro atoms. The molecule has 1 aliphatic heterocycles. The van der Waals surface area contributed by atoms with E-state index in [1.807, 2.05) is 30.3 Å². The lowest BCUT2D eigenvalue weighted by Crippen LogP contribution is -2.29. The van der Waals surface area contributed by atoms with E-state index in [1.165, 1.54) is 6.07 Å². The third-order valence-corrected chi connectivity index (χ3v) is 4.42. The zero-order chi connectivity index (χ0) is 19.2. The Hall–Kier alpha value is -2.48. The fourth-order valence-corrected chi connectivity index (χ4v) is 2.89. The first kappa shape index (κ1) is 19.3. The van der Waals surface area contributed by atoms with Crippen LogP contribution in [0.4, 0.5) is 4.79 Å². The molecule has 0 radical (unpaired) electrons. The van der Waals surface area contributed by atoms with Gasteiger partial charge in [-0.25, -0.2) is 4.79 Å². The van der Waals surface area contributed by atoms with E-state index in [9.17, 15) is 15.0 Å². The van der Waals surface area contributed by atoms with Gasteiger partial charge >= 0.3 is 6.09 Å². The number of nitrogens with one attached hydrogen (secondary N) is 1. The van der Waals surface area contributed by atoms with Crippen molar-refractivity contribution in [2.24, 2.45) is 0 Å². The van der Waals surface area contributed by atoms with Gasteiger partial charge in [0.15, 0.2) is 11.5 Å². The Labute approximate surface area is 161 Å². The smallest absolute Gasteiger partial charge is 0.407 e. The van der Waals surface area contributed by atoms with Crippen LogP contribution in [-0.4, -0.2) is 35.7 Å². The lowest BCUT2D eigenvalue weighted by Gasteiger charge is -2.19. The van der Waals surface area contributed by atoms with Crippen LogP contribution in [0.5, 0.6) is 11.5 Å². The van der Waals surface area contributed by atoms with Crippen molar-refractivity contribution in [3.63, 3.8) is 0 Å².